The van der Waals surface area contributed by atoms with Crippen molar-refractivity contribution in [3.63, 3.8) is 0 Å². The van der Waals surface area contributed by atoms with Crippen LogP contribution in [-0.2, 0) is 6.61 Å². The summed E-state index contributed by atoms with van der Waals surface area (Å²) in [5.74, 6) is 1.62. The van der Waals surface area contributed by atoms with Gasteiger partial charge in [0.1, 0.15) is 17.4 Å². The first-order valence-corrected chi connectivity index (χ1v) is 8.93. The average molecular weight is 330 g/mol. The molecule has 0 spiro atoms. The minimum absolute atomic E-state index is 0.124. The third-order valence-electron chi connectivity index (χ3n) is 4.20. The van der Waals surface area contributed by atoms with Crippen molar-refractivity contribution in [1.29, 1.82) is 0 Å². The van der Waals surface area contributed by atoms with Crippen LogP contribution in [0.3, 0.4) is 0 Å². The predicted molar refractivity (Wildman–Crippen MR) is 91.9 cm³/mol. The summed E-state index contributed by atoms with van der Waals surface area (Å²) >= 11 is 1.60. The molecule has 3 rings (SSSR count). The highest BCUT2D eigenvalue weighted by molar-refractivity contribution is 7.09. The topological polar surface area (TPSA) is 42.4 Å². The molecule has 1 aromatic carbocycles. The second-order valence-corrected chi connectivity index (χ2v) is 7.11. The Labute approximate surface area is 141 Å². The van der Waals surface area contributed by atoms with Crippen LogP contribution in [0.5, 0.6) is 5.75 Å². The number of benzene rings is 1. The first-order valence-electron chi connectivity index (χ1n) is 8.05. The van der Waals surface area contributed by atoms with Crippen LogP contribution < -0.4 is 4.74 Å². The van der Waals surface area contributed by atoms with Crippen molar-refractivity contribution >= 4 is 17.2 Å². The molecule has 5 heteroatoms. The van der Waals surface area contributed by atoms with E-state index >= 15 is 0 Å². The van der Waals surface area contributed by atoms with Gasteiger partial charge in [0.2, 0.25) is 0 Å². The Morgan fingerprint density at radius 3 is 2.61 bits per heavy atom. The van der Waals surface area contributed by atoms with E-state index in [4.69, 9.17) is 4.74 Å². The summed E-state index contributed by atoms with van der Waals surface area (Å²) in [5, 5.41) is 2.98. The number of amides is 1. The number of ether oxygens (including phenoxy) is 1. The Morgan fingerprint density at radius 2 is 2.00 bits per heavy atom. The zero-order valence-corrected chi connectivity index (χ0v) is 14.4. The van der Waals surface area contributed by atoms with Gasteiger partial charge >= 0.3 is 0 Å². The van der Waals surface area contributed by atoms with Gasteiger partial charge in [-0.1, -0.05) is 6.92 Å². The summed E-state index contributed by atoms with van der Waals surface area (Å²) in [5.41, 5.74) is 1.75. The summed E-state index contributed by atoms with van der Waals surface area (Å²) in [6.45, 7) is 6.42. The Hall–Kier alpha value is -1.88. The molecule has 0 saturated carbocycles. The minimum atomic E-state index is 0.124. The largest absolute Gasteiger partial charge is 0.486 e. The first kappa shape index (κ1) is 16.0. The van der Waals surface area contributed by atoms with Crippen molar-refractivity contribution in [3.8, 4) is 5.75 Å². The summed E-state index contributed by atoms with van der Waals surface area (Å²) in [6, 6.07) is 7.42. The van der Waals surface area contributed by atoms with Crippen LogP contribution in [0.2, 0.25) is 0 Å². The number of aromatic nitrogens is 1. The predicted octanol–water partition coefficient (Wildman–Crippen LogP) is 3.90. The second-order valence-electron chi connectivity index (χ2n) is 6.17. The number of rotatable bonds is 4. The lowest BCUT2D eigenvalue weighted by Crippen LogP contribution is -2.37. The van der Waals surface area contributed by atoms with Crippen molar-refractivity contribution in [3.05, 3.63) is 45.9 Å². The number of aryl methyl sites for hydroxylation is 1. The molecule has 0 unspecified atom stereocenters. The Kier molecular flexibility index (Phi) is 4.96. The molecule has 1 aliphatic rings. The summed E-state index contributed by atoms with van der Waals surface area (Å²) in [7, 11) is 0. The van der Waals surface area contributed by atoms with Crippen molar-refractivity contribution in [2.75, 3.05) is 13.1 Å². The van der Waals surface area contributed by atoms with Gasteiger partial charge in [0.05, 0.1) is 0 Å². The van der Waals surface area contributed by atoms with Gasteiger partial charge in [-0.15, -0.1) is 11.3 Å². The van der Waals surface area contributed by atoms with Crippen molar-refractivity contribution < 1.29 is 9.53 Å². The zero-order valence-electron chi connectivity index (χ0n) is 13.6. The van der Waals surface area contributed by atoms with Crippen LogP contribution in [0.4, 0.5) is 0 Å². The van der Waals surface area contributed by atoms with E-state index in [0.29, 0.717) is 6.61 Å². The number of carbonyl (C=O) groups excluding carboxylic acids is 1. The van der Waals surface area contributed by atoms with E-state index in [1.165, 1.54) is 0 Å². The van der Waals surface area contributed by atoms with Gasteiger partial charge in [0.15, 0.2) is 0 Å². The van der Waals surface area contributed by atoms with E-state index in [-0.39, 0.29) is 5.91 Å². The Morgan fingerprint density at radius 1 is 1.30 bits per heavy atom. The van der Waals surface area contributed by atoms with Crippen molar-refractivity contribution in [2.45, 2.75) is 33.3 Å². The standard InChI is InChI=1S/C18H22N2O2S/c1-13-7-9-20(10-8-13)18(21)15-3-5-16(6-4-15)22-11-17-19-14(2)12-23-17/h3-6,12-13H,7-11H2,1-2H3. The van der Waals surface area contributed by atoms with E-state index < -0.39 is 0 Å². The lowest BCUT2D eigenvalue weighted by atomic mass is 9.98. The highest BCUT2D eigenvalue weighted by Crippen LogP contribution is 2.20. The number of nitrogens with zero attached hydrogens (tertiary/aromatic N) is 2. The molecule has 4 nitrogen and oxygen atoms in total. The van der Waals surface area contributed by atoms with Crippen LogP contribution in [0.1, 0.15) is 40.8 Å². The molecule has 0 N–H and O–H groups in total. The number of hydrogen-bond acceptors (Lipinski definition) is 4. The molecule has 0 aliphatic carbocycles. The van der Waals surface area contributed by atoms with Crippen LogP contribution >= 0.6 is 11.3 Å². The third-order valence-corrected chi connectivity index (χ3v) is 5.14. The molecule has 2 heterocycles. The quantitative estimate of drug-likeness (QED) is 0.854. The van der Waals surface area contributed by atoms with Crippen LogP contribution in [0, 0.1) is 12.8 Å². The summed E-state index contributed by atoms with van der Waals surface area (Å²) < 4.78 is 5.72. The SMILES string of the molecule is Cc1csc(COc2ccc(C(=O)N3CCC(C)CC3)cc2)n1. The Bertz CT molecular complexity index is 658. The molecular weight excluding hydrogens is 308 g/mol. The molecule has 2 aromatic rings. The molecule has 1 saturated heterocycles. The number of piperidine rings is 1. The van der Waals surface area contributed by atoms with Gasteiger partial charge in [-0.05, 0) is 49.9 Å². The fourth-order valence-electron chi connectivity index (χ4n) is 2.70. The minimum Gasteiger partial charge on any atom is -0.486 e. The zero-order chi connectivity index (χ0) is 16.2. The third kappa shape index (κ3) is 4.10. The number of likely N-dealkylation sites (tertiary alicyclic amines) is 1. The summed E-state index contributed by atoms with van der Waals surface area (Å²) in [4.78, 5) is 18.8. The van der Waals surface area contributed by atoms with E-state index in [9.17, 15) is 4.79 Å². The van der Waals surface area contributed by atoms with E-state index in [1.54, 1.807) is 11.3 Å². The lowest BCUT2D eigenvalue weighted by molar-refractivity contribution is 0.0697. The fourth-order valence-corrected chi connectivity index (χ4v) is 3.39. The smallest absolute Gasteiger partial charge is 0.253 e. The molecule has 1 aromatic heterocycles. The maximum absolute atomic E-state index is 12.5. The molecule has 0 bridgehead atoms. The molecule has 0 radical (unpaired) electrons. The van der Waals surface area contributed by atoms with Gasteiger partial charge in [-0.3, -0.25) is 4.79 Å². The molecule has 1 fully saturated rings. The first-order chi connectivity index (χ1) is 11.1. The lowest BCUT2D eigenvalue weighted by Gasteiger charge is -2.30. The summed E-state index contributed by atoms with van der Waals surface area (Å²) in [6.07, 6.45) is 2.19. The second kappa shape index (κ2) is 7.13. The van der Waals surface area contributed by atoms with Gasteiger partial charge in [-0.25, -0.2) is 4.98 Å². The van der Waals surface area contributed by atoms with Crippen LogP contribution in [0.25, 0.3) is 0 Å². The fraction of sp³-hybridized carbons (Fsp3) is 0.444. The number of hydrogen-bond donors (Lipinski definition) is 0. The van der Waals surface area contributed by atoms with Crippen LogP contribution in [-0.4, -0.2) is 28.9 Å². The average Bonchev–Trinajstić information content (AvgIpc) is 2.99. The molecule has 23 heavy (non-hydrogen) atoms. The van der Waals surface area contributed by atoms with Crippen LogP contribution in [0.15, 0.2) is 29.6 Å². The molecule has 0 atom stereocenters. The van der Waals surface area contributed by atoms with E-state index in [2.05, 4.69) is 11.9 Å². The van der Waals surface area contributed by atoms with Gasteiger partial charge in [0.25, 0.3) is 5.91 Å². The molecule has 122 valence electrons. The number of thiazole rings is 1. The Balaban J connectivity index is 1.57. The van der Waals surface area contributed by atoms with E-state index in [0.717, 1.165) is 53.9 Å². The molecule has 1 amide bonds. The highest BCUT2D eigenvalue weighted by Gasteiger charge is 2.21. The maximum atomic E-state index is 12.5. The highest BCUT2D eigenvalue weighted by atomic mass is 32.1. The molecule has 1 aliphatic heterocycles. The normalized spacial score (nSPS) is 15.7. The molecular formula is C18H22N2O2S. The van der Waals surface area contributed by atoms with Gasteiger partial charge in [0, 0.05) is 29.7 Å². The van der Waals surface area contributed by atoms with Gasteiger partial charge in [-0.2, -0.15) is 0 Å². The van der Waals surface area contributed by atoms with Crippen molar-refractivity contribution in [1.82, 2.24) is 9.88 Å². The van der Waals surface area contributed by atoms with Gasteiger partial charge < -0.3 is 9.64 Å². The monoisotopic (exact) mass is 330 g/mol. The maximum Gasteiger partial charge on any atom is 0.253 e. The van der Waals surface area contributed by atoms with Crippen molar-refractivity contribution in [2.24, 2.45) is 5.92 Å². The number of carbonyl (C=O) groups is 1. The van der Waals surface area contributed by atoms with E-state index in [1.807, 2.05) is 41.5 Å².